The van der Waals surface area contributed by atoms with Crippen molar-refractivity contribution in [2.45, 2.75) is 17.9 Å². The first-order valence-electron chi connectivity index (χ1n) is 4.94. The number of rotatable bonds is 3. The van der Waals surface area contributed by atoms with E-state index in [1.54, 1.807) is 23.1 Å². The molecule has 2 aromatic rings. The third-order valence-electron chi connectivity index (χ3n) is 2.17. The molecule has 0 radical (unpaired) electrons. The van der Waals surface area contributed by atoms with Gasteiger partial charge in [-0.05, 0) is 19.2 Å². The molecule has 0 saturated carbocycles. The van der Waals surface area contributed by atoms with Crippen LogP contribution >= 0.6 is 23.1 Å². The molecule has 84 valence electrons. The van der Waals surface area contributed by atoms with Crippen molar-refractivity contribution in [2.75, 3.05) is 6.26 Å². The summed E-state index contributed by atoms with van der Waals surface area (Å²) < 4.78 is 0. The molecule has 1 aromatic heterocycles. The summed E-state index contributed by atoms with van der Waals surface area (Å²) in [5.74, 6) is 0. The SMILES string of the molecule is CSc1ccccc1-c1nnc(C(C)N)s1. The Morgan fingerprint density at radius 2 is 2.06 bits per heavy atom. The molecule has 2 N–H and O–H groups in total. The van der Waals surface area contributed by atoms with Gasteiger partial charge in [-0.1, -0.05) is 29.5 Å². The maximum Gasteiger partial charge on any atom is 0.148 e. The van der Waals surface area contributed by atoms with E-state index in [4.69, 9.17) is 5.73 Å². The Kier molecular flexibility index (Phi) is 3.58. The van der Waals surface area contributed by atoms with Gasteiger partial charge in [0.05, 0.1) is 6.04 Å². The molecule has 16 heavy (non-hydrogen) atoms. The highest BCUT2D eigenvalue weighted by Gasteiger charge is 2.11. The van der Waals surface area contributed by atoms with Crippen molar-refractivity contribution in [1.82, 2.24) is 10.2 Å². The van der Waals surface area contributed by atoms with Crippen molar-refractivity contribution >= 4 is 23.1 Å². The van der Waals surface area contributed by atoms with Gasteiger partial charge in [0.1, 0.15) is 10.0 Å². The highest BCUT2D eigenvalue weighted by molar-refractivity contribution is 7.98. The average molecular weight is 251 g/mol. The Bertz CT molecular complexity index is 480. The van der Waals surface area contributed by atoms with E-state index in [0.29, 0.717) is 0 Å². The van der Waals surface area contributed by atoms with Crippen molar-refractivity contribution in [1.29, 1.82) is 0 Å². The van der Waals surface area contributed by atoms with Gasteiger partial charge in [0, 0.05) is 10.5 Å². The quantitative estimate of drug-likeness (QED) is 0.852. The Morgan fingerprint density at radius 3 is 2.69 bits per heavy atom. The molecule has 0 spiro atoms. The lowest BCUT2D eigenvalue weighted by molar-refractivity contribution is 0.786. The van der Waals surface area contributed by atoms with E-state index < -0.39 is 0 Å². The molecule has 0 aliphatic heterocycles. The lowest BCUT2D eigenvalue weighted by Gasteiger charge is -2.02. The summed E-state index contributed by atoms with van der Waals surface area (Å²) in [6.07, 6.45) is 2.06. The molecular formula is C11H13N3S2. The van der Waals surface area contributed by atoms with Crippen molar-refractivity contribution in [2.24, 2.45) is 5.73 Å². The molecule has 1 atom stereocenters. The van der Waals surface area contributed by atoms with Gasteiger partial charge in [0.25, 0.3) is 0 Å². The van der Waals surface area contributed by atoms with Crippen LogP contribution in [0.25, 0.3) is 10.6 Å². The highest BCUT2D eigenvalue weighted by atomic mass is 32.2. The number of hydrogen-bond acceptors (Lipinski definition) is 5. The van der Waals surface area contributed by atoms with Crippen LogP contribution in [0, 0.1) is 0 Å². The van der Waals surface area contributed by atoms with Crippen LogP contribution in [0.15, 0.2) is 29.2 Å². The van der Waals surface area contributed by atoms with Crippen LogP contribution in [0.3, 0.4) is 0 Å². The zero-order chi connectivity index (χ0) is 11.5. The highest BCUT2D eigenvalue weighted by Crippen LogP contribution is 2.32. The molecule has 1 heterocycles. The zero-order valence-electron chi connectivity index (χ0n) is 9.18. The predicted octanol–water partition coefficient (Wildman–Crippen LogP) is 2.95. The Labute approximate surface area is 103 Å². The largest absolute Gasteiger partial charge is 0.322 e. The lowest BCUT2D eigenvalue weighted by Crippen LogP contribution is -2.03. The van der Waals surface area contributed by atoms with Crippen molar-refractivity contribution in [3.63, 3.8) is 0 Å². The van der Waals surface area contributed by atoms with E-state index in [2.05, 4.69) is 28.6 Å². The normalized spacial score (nSPS) is 12.7. The topological polar surface area (TPSA) is 51.8 Å². The number of thioether (sulfide) groups is 1. The van der Waals surface area contributed by atoms with E-state index >= 15 is 0 Å². The molecular weight excluding hydrogens is 238 g/mol. The fourth-order valence-corrected chi connectivity index (χ4v) is 2.85. The molecule has 1 aromatic carbocycles. The van der Waals surface area contributed by atoms with Gasteiger partial charge in [-0.25, -0.2) is 0 Å². The van der Waals surface area contributed by atoms with Gasteiger partial charge in [-0.3, -0.25) is 0 Å². The second-order valence-corrected chi connectivity index (χ2v) is 5.29. The summed E-state index contributed by atoms with van der Waals surface area (Å²) in [6, 6.07) is 8.16. The predicted molar refractivity (Wildman–Crippen MR) is 69.7 cm³/mol. The standard InChI is InChI=1S/C11H13N3S2/c1-7(12)10-13-14-11(16-10)8-5-3-4-6-9(8)15-2/h3-7H,12H2,1-2H3. The summed E-state index contributed by atoms with van der Waals surface area (Å²) in [5, 5.41) is 10.1. The first-order valence-corrected chi connectivity index (χ1v) is 6.99. The number of nitrogens with zero attached hydrogens (tertiary/aromatic N) is 2. The van der Waals surface area contributed by atoms with Crippen LogP contribution in [0.5, 0.6) is 0 Å². The Hall–Kier alpha value is -0.910. The number of hydrogen-bond donors (Lipinski definition) is 1. The van der Waals surface area contributed by atoms with E-state index in [9.17, 15) is 0 Å². The van der Waals surface area contributed by atoms with Crippen LogP contribution in [0.4, 0.5) is 0 Å². The minimum atomic E-state index is -0.0484. The average Bonchev–Trinajstić information content (AvgIpc) is 2.78. The minimum absolute atomic E-state index is 0.0484. The zero-order valence-corrected chi connectivity index (χ0v) is 10.8. The van der Waals surface area contributed by atoms with Crippen LogP contribution < -0.4 is 5.73 Å². The lowest BCUT2D eigenvalue weighted by atomic mass is 10.2. The van der Waals surface area contributed by atoms with Gasteiger partial charge in [0.15, 0.2) is 0 Å². The number of nitrogens with two attached hydrogens (primary N) is 1. The molecule has 0 saturated heterocycles. The van der Waals surface area contributed by atoms with Crippen molar-refractivity contribution in [3.8, 4) is 10.6 Å². The molecule has 1 unspecified atom stereocenters. The summed E-state index contributed by atoms with van der Waals surface area (Å²) in [6.45, 7) is 1.92. The maximum atomic E-state index is 5.78. The second-order valence-electron chi connectivity index (χ2n) is 3.43. The van der Waals surface area contributed by atoms with E-state index in [-0.39, 0.29) is 6.04 Å². The van der Waals surface area contributed by atoms with E-state index in [1.165, 1.54) is 4.90 Å². The summed E-state index contributed by atoms with van der Waals surface area (Å²) in [7, 11) is 0. The van der Waals surface area contributed by atoms with Gasteiger partial charge in [-0.2, -0.15) is 0 Å². The van der Waals surface area contributed by atoms with Gasteiger partial charge in [0.2, 0.25) is 0 Å². The third-order valence-corrected chi connectivity index (χ3v) is 4.12. The summed E-state index contributed by atoms with van der Waals surface area (Å²) in [4.78, 5) is 1.22. The first kappa shape index (κ1) is 11.6. The van der Waals surface area contributed by atoms with Gasteiger partial charge >= 0.3 is 0 Å². The van der Waals surface area contributed by atoms with Crippen molar-refractivity contribution in [3.05, 3.63) is 29.3 Å². The van der Waals surface area contributed by atoms with Crippen LogP contribution in [0.1, 0.15) is 18.0 Å². The minimum Gasteiger partial charge on any atom is -0.322 e. The van der Waals surface area contributed by atoms with Crippen LogP contribution in [0.2, 0.25) is 0 Å². The number of benzene rings is 1. The number of aromatic nitrogens is 2. The third kappa shape index (κ3) is 2.26. The molecule has 3 nitrogen and oxygen atoms in total. The van der Waals surface area contributed by atoms with Gasteiger partial charge < -0.3 is 5.73 Å². The molecule has 0 bridgehead atoms. The molecule has 0 aliphatic rings. The van der Waals surface area contributed by atoms with E-state index in [0.717, 1.165) is 15.6 Å². The molecule has 0 aliphatic carbocycles. The fraction of sp³-hybridized carbons (Fsp3) is 0.273. The Morgan fingerprint density at radius 1 is 1.31 bits per heavy atom. The van der Waals surface area contributed by atoms with Crippen LogP contribution in [-0.2, 0) is 0 Å². The second kappa shape index (κ2) is 4.95. The van der Waals surface area contributed by atoms with Crippen molar-refractivity contribution < 1.29 is 0 Å². The fourth-order valence-electron chi connectivity index (χ4n) is 1.35. The first-order chi connectivity index (χ1) is 7.72. The summed E-state index contributed by atoms with van der Waals surface area (Å²) in [5.41, 5.74) is 6.92. The summed E-state index contributed by atoms with van der Waals surface area (Å²) >= 11 is 3.28. The van der Waals surface area contributed by atoms with E-state index in [1.807, 2.05) is 19.1 Å². The van der Waals surface area contributed by atoms with Crippen LogP contribution in [-0.4, -0.2) is 16.5 Å². The van der Waals surface area contributed by atoms with Gasteiger partial charge in [-0.15, -0.1) is 22.0 Å². The molecule has 5 heteroatoms. The molecule has 2 rings (SSSR count). The maximum absolute atomic E-state index is 5.78. The monoisotopic (exact) mass is 251 g/mol. The Balaban J connectivity index is 2.42. The smallest absolute Gasteiger partial charge is 0.148 e. The molecule has 0 amide bonds. The molecule has 0 fully saturated rings.